The second kappa shape index (κ2) is 10.0. The zero-order chi connectivity index (χ0) is 23.4. The van der Waals surface area contributed by atoms with E-state index in [0.29, 0.717) is 30.7 Å². The lowest BCUT2D eigenvalue weighted by Gasteiger charge is -2.26. The second-order valence-corrected chi connectivity index (χ2v) is 8.78. The molecule has 1 aromatic carbocycles. The van der Waals surface area contributed by atoms with Crippen LogP contribution in [-0.2, 0) is 6.54 Å². The standard InChI is InChI=1S/C27H31N5O/c1-4-23-11-8-20(2)31(23)19-27(33)26-17-25(7-5-15-30-16-6-14-29-30)32(21(26)3)24-12-9-22(18-28)10-13-24/h5-7,9-10,12-14,16-17,20,23H,4,8,11,15,19H2,1-3H3/b7-5+. The molecule has 4 rings (SSSR count). The first-order valence-corrected chi connectivity index (χ1v) is 11.7. The fourth-order valence-electron chi connectivity index (χ4n) is 4.85. The molecule has 1 saturated heterocycles. The van der Waals surface area contributed by atoms with Gasteiger partial charge in [-0.25, -0.2) is 0 Å². The summed E-state index contributed by atoms with van der Waals surface area (Å²) in [7, 11) is 0. The summed E-state index contributed by atoms with van der Waals surface area (Å²) in [6.45, 7) is 7.53. The fourth-order valence-corrected chi connectivity index (χ4v) is 4.85. The molecule has 6 heteroatoms. The molecule has 1 aliphatic rings. The Balaban J connectivity index is 1.67. The number of hydrogen-bond acceptors (Lipinski definition) is 4. The van der Waals surface area contributed by atoms with E-state index in [1.165, 1.54) is 0 Å². The molecule has 2 atom stereocenters. The maximum Gasteiger partial charge on any atom is 0.178 e. The van der Waals surface area contributed by atoms with Crippen molar-refractivity contribution in [1.29, 1.82) is 5.26 Å². The van der Waals surface area contributed by atoms with E-state index < -0.39 is 0 Å². The highest BCUT2D eigenvalue weighted by Crippen LogP contribution is 2.28. The Morgan fingerprint density at radius 1 is 1.27 bits per heavy atom. The van der Waals surface area contributed by atoms with Gasteiger partial charge in [0.25, 0.3) is 0 Å². The minimum Gasteiger partial charge on any atom is -0.314 e. The number of nitrogens with zero attached hydrogens (tertiary/aromatic N) is 5. The largest absolute Gasteiger partial charge is 0.314 e. The predicted octanol–water partition coefficient (Wildman–Crippen LogP) is 5.01. The molecule has 0 bridgehead atoms. The number of carbonyl (C=O) groups is 1. The van der Waals surface area contributed by atoms with Gasteiger partial charge < -0.3 is 4.57 Å². The van der Waals surface area contributed by atoms with Crippen LogP contribution in [0.2, 0.25) is 0 Å². The molecule has 3 heterocycles. The third-order valence-corrected chi connectivity index (χ3v) is 6.72. The Bertz CT molecular complexity index is 1160. The monoisotopic (exact) mass is 441 g/mol. The van der Waals surface area contributed by atoms with Gasteiger partial charge in [-0.15, -0.1) is 0 Å². The minimum absolute atomic E-state index is 0.161. The van der Waals surface area contributed by atoms with Crippen LogP contribution < -0.4 is 0 Å². The van der Waals surface area contributed by atoms with Crippen molar-refractivity contribution in [2.45, 2.75) is 58.7 Å². The number of hydrogen-bond donors (Lipinski definition) is 0. The lowest BCUT2D eigenvalue weighted by Crippen LogP contribution is -2.38. The van der Waals surface area contributed by atoms with Gasteiger partial charge in [0.15, 0.2) is 5.78 Å². The van der Waals surface area contributed by atoms with Gasteiger partial charge in [-0.2, -0.15) is 10.4 Å². The highest BCUT2D eigenvalue weighted by molar-refractivity contribution is 5.99. The summed E-state index contributed by atoms with van der Waals surface area (Å²) in [5.41, 5.74) is 4.17. The van der Waals surface area contributed by atoms with Crippen molar-refractivity contribution >= 4 is 11.9 Å². The number of nitriles is 1. The van der Waals surface area contributed by atoms with Crippen molar-refractivity contribution in [2.24, 2.45) is 0 Å². The first-order chi connectivity index (χ1) is 16.0. The lowest BCUT2D eigenvalue weighted by molar-refractivity contribution is 0.0888. The van der Waals surface area contributed by atoms with E-state index >= 15 is 0 Å². The van der Waals surface area contributed by atoms with Crippen molar-refractivity contribution in [3.63, 3.8) is 0 Å². The van der Waals surface area contributed by atoms with Crippen LogP contribution in [-0.4, -0.2) is 43.7 Å². The van der Waals surface area contributed by atoms with Gasteiger partial charge in [0.05, 0.1) is 24.7 Å². The van der Waals surface area contributed by atoms with Crippen molar-refractivity contribution in [3.05, 3.63) is 77.4 Å². The molecule has 0 N–H and O–H groups in total. The number of allylic oxidation sites excluding steroid dienone is 1. The number of rotatable bonds is 8. The molecule has 0 radical (unpaired) electrons. The molecule has 2 aromatic heterocycles. The van der Waals surface area contributed by atoms with Crippen molar-refractivity contribution in [2.75, 3.05) is 6.54 Å². The summed E-state index contributed by atoms with van der Waals surface area (Å²) in [6.07, 6.45) is 11.2. The van der Waals surface area contributed by atoms with Crippen LogP contribution in [0.5, 0.6) is 0 Å². The summed E-state index contributed by atoms with van der Waals surface area (Å²) in [4.78, 5) is 15.8. The second-order valence-electron chi connectivity index (χ2n) is 8.78. The molecule has 2 unspecified atom stereocenters. The van der Waals surface area contributed by atoms with Gasteiger partial charge in [-0.1, -0.05) is 13.0 Å². The van der Waals surface area contributed by atoms with E-state index in [2.05, 4.69) is 34.5 Å². The molecule has 33 heavy (non-hydrogen) atoms. The molecule has 170 valence electrons. The van der Waals surface area contributed by atoms with Crippen LogP contribution >= 0.6 is 0 Å². The van der Waals surface area contributed by atoms with Gasteiger partial charge in [0.2, 0.25) is 0 Å². The molecule has 1 aliphatic heterocycles. The van der Waals surface area contributed by atoms with Crippen molar-refractivity contribution < 1.29 is 4.79 Å². The zero-order valence-corrected chi connectivity index (χ0v) is 19.6. The number of ketones is 1. The molecule has 3 aromatic rings. The summed E-state index contributed by atoms with van der Waals surface area (Å²) in [5, 5.41) is 13.4. The van der Waals surface area contributed by atoms with Crippen LogP contribution in [0.3, 0.4) is 0 Å². The first-order valence-electron chi connectivity index (χ1n) is 11.7. The molecule has 0 aliphatic carbocycles. The third kappa shape index (κ3) is 4.84. The fraction of sp³-hybridized carbons (Fsp3) is 0.370. The molecular formula is C27H31N5O. The van der Waals surface area contributed by atoms with E-state index in [4.69, 9.17) is 5.26 Å². The number of likely N-dealkylation sites (tertiary alicyclic amines) is 1. The summed E-state index contributed by atoms with van der Waals surface area (Å²) in [6, 6.07) is 14.5. The smallest absolute Gasteiger partial charge is 0.178 e. The van der Waals surface area contributed by atoms with Crippen LogP contribution in [0.15, 0.2) is 54.9 Å². The molecule has 6 nitrogen and oxygen atoms in total. The Labute approximate surface area is 195 Å². The SMILES string of the molecule is CCC1CCC(C)N1CC(=O)c1cc(/C=C/Cn2cccn2)n(-c2ccc(C#N)cc2)c1C. The third-order valence-electron chi connectivity index (χ3n) is 6.72. The van der Waals surface area contributed by atoms with Gasteiger partial charge in [-0.05, 0) is 75.6 Å². The maximum absolute atomic E-state index is 13.5. The summed E-state index contributed by atoms with van der Waals surface area (Å²) < 4.78 is 3.95. The van der Waals surface area contributed by atoms with E-state index in [1.54, 1.807) is 6.20 Å². The number of carbonyl (C=O) groups excluding carboxylic acids is 1. The summed E-state index contributed by atoms with van der Waals surface area (Å²) in [5.74, 6) is 0.161. The Kier molecular flexibility index (Phi) is 6.90. The molecule has 1 fully saturated rings. The molecule has 0 saturated carbocycles. The highest BCUT2D eigenvalue weighted by Gasteiger charge is 2.31. The van der Waals surface area contributed by atoms with Crippen LogP contribution in [0, 0.1) is 18.3 Å². The van der Waals surface area contributed by atoms with Gasteiger partial charge in [0.1, 0.15) is 0 Å². The van der Waals surface area contributed by atoms with Gasteiger partial charge >= 0.3 is 0 Å². The number of aromatic nitrogens is 3. The topological polar surface area (TPSA) is 66.8 Å². The van der Waals surface area contributed by atoms with Crippen molar-refractivity contribution in [1.82, 2.24) is 19.2 Å². The predicted molar refractivity (Wildman–Crippen MR) is 130 cm³/mol. The van der Waals surface area contributed by atoms with E-state index in [-0.39, 0.29) is 5.78 Å². The Hall–Kier alpha value is -3.43. The van der Waals surface area contributed by atoms with Crippen molar-refractivity contribution in [3.8, 4) is 11.8 Å². The van der Waals surface area contributed by atoms with Gasteiger partial charge in [-0.3, -0.25) is 14.4 Å². The van der Waals surface area contributed by atoms with E-state index in [0.717, 1.165) is 41.9 Å². The van der Waals surface area contributed by atoms with E-state index in [1.807, 2.05) is 66.4 Å². The van der Waals surface area contributed by atoms with E-state index in [9.17, 15) is 4.79 Å². The maximum atomic E-state index is 13.5. The normalized spacial score (nSPS) is 18.7. The Morgan fingerprint density at radius 2 is 2.06 bits per heavy atom. The molecule has 0 spiro atoms. The molecular weight excluding hydrogens is 410 g/mol. The van der Waals surface area contributed by atoms with Crippen LogP contribution in [0.25, 0.3) is 11.8 Å². The lowest BCUT2D eigenvalue weighted by atomic mass is 10.1. The molecule has 0 amide bonds. The van der Waals surface area contributed by atoms with Crippen LogP contribution in [0.1, 0.15) is 60.4 Å². The minimum atomic E-state index is 0.161. The first kappa shape index (κ1) is 22.8. The average molecular weight is 442 g/mol. The van der Waals surface area contributed by atoms with Crippen LogP contribution in [0.4, 0.5) is 0 Å². The number of Topliss-reactive ketones (excluding diaryl/α,β-unsaturated/α-hetero) is 1. The zero-order valence-electron chi connectivity index (χ0n) is 19.6. The Morgan fingerprint density at radius 3 is 2.73 bits per heavy atom. The highest BCUT2D eigenvalue weighted by atomic mass is 16.1. The summed E-state index contributed by atoms with van der Waals surface area (Å²) >= 11 is 0. The quantitative estimate of drug-likeness (QED) is 0.461. The van der Waals surface area contributed by atoms with Gasteiger partial charge in [0, 0.05) is 47.1 Å². The average Bonchev–Trinajstić information content (AvgIpc) is 3.54. The number of benzene rings is 1.